The van der Waals surface area contributed by atoms with Gasteiger partial charge < -0.3 is 14.6 Å². The second-order valence-electron chi connectivity index (χ2n) is 8.45. The van der Waals surface area contributed by atoms with Crippen LogP contribution in [0, 0.1) is 13.8 Å². The lowest BCUT2D eigenvalue weighted by atomic mass is 9.93. The maximum atomic E-state index is 13.2. The van der Waals surface area contributed by atoms with Crippen LogP contribution >= 0.6 is 11.3 Å². The number of furan rings is 1. The summed E-state index contributed by atoms with van der Waals surface area (Å²) < 4.78 is 44.9. The first-order chi connectivity index (χ1) is 16.2. The summed E-state index contributed by atoms with van der Waals surface area (Å²) in [6.07, 6.45) is -2.95. The van der Waals surface area contributed by atoms with Crippen molar-refractivity contribution in [1.82, 2.24) is 9.80 Å². The number of amides is 1. The number of rotatable bonds is 6. The minimum Gasteiger partial charge on any atom is -0.459 e. The number of carbonyl (C=O) groups excluding carboxylic acids is 1. The van der Waals surface area contributed by atoms with Gasteiger partial charge in [-0.25, -0.2) is 0 Å². The Kier molecular flexibility index (Phi) is 7.16. The summed E-state index contributed by atoms with van der Waals surface area (Å²) in [5.74, 6) is -0.147. The first-order valence-corrected chi connectivity index (χ1v) is 12.1. The van der Waals surface area contributed by atoms with Gasteiger partial charge in [-0.2, -0.15) is 13.2 Å². The molecule has 1 fully saturated rings. The summed E-state index contributed by atoms with van der Waals surface area (Å²) >= 11 is 1.48. The first-order valence-electron chi connectivity index (χ1n) is 11.3. The highest BCUT2D eigenvalue weighted by Gasteiger charge is 2.34. The zero-order chi connectivity index (χ0) is 24.5. The second kappa shape index (κ2) is 9.93. The molecule has 0 bridgehead atoms. The van der Waals surface area contributed by atoms with Crippen LogP contribution in [0.5, 0.6) is 0 Å². The maximum Gasteiger partial charge on any atom is 0.416 e. The Hall–Kier alpha value is -2.62. The number of hydrogen-bond acceptors (Lipinski definition) is 5. The minimum atomic E-state index is -4.39. The van der Waals surface area contributed by atoms with Gasteiger partial charge in [0.15, 0.2) is 5.76 Å². The highest BCUT2D eigenvalue weighted by Crippen LogP contribution is 2.43. The van der Waals surface area contributed by atoms with Gasteiger partial charge in [-0.3, -0.25) is 9.69 Å². The number of alkyl halides is 3. The van der Waals surface area contributed by atoms with Crippen molar-refractivity contribution in [3.05, 3.63) is 75.6 Å². The third kappa shape index (κ3) is 5.06. The van der Waals surface area contributed by atoms with Crippen molar-refractivity contribution < 1.29 is 22.4 Å². The van der Waals surface area contributed by atoms with Crippen LogP contribution in [0.3, 0.4) is 0 Å². The van der Waals surface area contributed by atoms with Crippen LogP contribution in [0.1, 0.15) is 50.7 Å². The molecule has 3 aromatic rings. The van der Waals surface area contributed by atoms with E-state index in [2.05, 4.69) is 22.0 Å². The van der Waals surface area contributed by atoms with Gasteiger partial charge >= 0.3 is 6.18 Å². The van der Waals surface area contributed by atoms with E-state index >= 15 is 0 Å². The van der Waals surface area contributed by atoms with Gasteiger partial charge in [0.1, 0.15) is 5.00 Å². The van der Waals surface area contributed by atoms with E-state index < -0.39 is 11.7 Å². The highest BCUT2D eigenvalue weighted by molar-refractivity contribution is 7.16. The Bertz CT molecular complexity index is 1120. The van der Waals surface area contributed by atoms with Crippen LogP contribution in [-0.2, 0) is 6.18 Å². The molecule has 1 N–H and O–H groups in total. The van der Waals surface area contributed by atoms with Gasteiger partial charge in [-0.05, 0) is 55.8 Å². The molecule has 0 unspecified atom stereocenters. The summed E-state index contributed by atoms with van der Waals surface area (Å²) in [5, 5.41) is 3.68. The number of anilines is 1. The lowest BCUT2D eigenvalue weighted by Gasteiger charge is -2.40. The number of nitrogens with zero attached hydrogens (tertiary/aromatic N) is 2. The molecule has 1 amide bonds. The average Bonchev–Trinajstić information content (AvgIpc) is 3.44. The van der Waals surface area contributed by atoms with Gasteiger partial charge in [0, 0.05) is 36.6 Å². The van der Waals surface area contributed by atoms with Crippen molar-refractivity contribution in [3.63, 3.8) is 0 Å². The molecule has 1 aromatic carbocycles. The molecular formula is C25H28F3N3O2S. The summed E-state index contributed by atoms with van der Waals surface area (Å²) in [5.41, 5.74) is 2.05. The Morgan fingerprint density at radius 3 is 2.35 bits per heavy atom. The molecule has 0 saturated carbocycles. The van der Waals surface area contributed by atoms with E-state index in [0.29, 0.717) is 5.00 Å². The number of halogens is 3. The first kappa shape index (κ1) is 24.5. The molecule has 2 aromatic heterocycles. The van der Waals surface area contributed by atoms with E-state index in [9.17, 15) is 18.0 Å². The molecule has 1 aliphatic rings. The Morgan fingerprint density at radius 2 is 1.79 bits per heavy atom. The van der Waals surface area contributed by atoms with Crippen LogP contribution in [0.15, 0.2) is 47.1 Å². The van der Waals surface area contributed by atoms with Crippen molar-refractivity contribution in [3.8, 4) is 0 Å². The van der Waals surface area contributed by atoms with Crippen molar-refractivity contribution in [2.24, 2.45) is 0 Å². The van der Waals surface area contributed by atoms with Gasteiger partial charge in [0.2, 0.25) is 0 Å². The normalized spacial score (nSPS) is 16.5. The van der Waals surface area contributed by atoms with Crippen LogP contribution in [0.2, 0.25) is 0 Å². The summed E-state index contributed by atoms with van der Waals surface area (Å²) in [6.45, 7) is 10.4. The minimum absolute atomic E-state index is 0.206. The Morgan fingerprint density at radius 1 is 1.12 bits per heavy atom. The van der Waals surface area contributed by atoms with E-state index in [1.54, 1.807) is 24.3 Å². The molecule has 182 valence electrons. The number of nitrogens with one attached hydrogen (secondary N) is 1. The molecule has 4 rings (SSSR count). The molecule has 0 spiro atoms. The predicted molar refractivity (Wildman–Crippen MR) is 127 cm³/mol. The molecule has 1 saturated heterocycles. The summed E-state index contributed by atoms with van der Waals surface area (Å²) in [4.78, 5) is 18.5. The Labute approximate surface area is 201 Å². The average molecular weight is 492 g/mol. The number of benzene rings is 1. The lowest BCUT2D eigenvalue weighted by molar-refractivity contribution is -0.137. The van der Waals surface area contributed by atoms with Crippen molar-refractivity contribution in [2.45, 2.75) is 33.0 Å². The van der Waals surface area contributed by atoms with Gasteiger partial charge in [-0.15, -0.1) is 11.3 Å². The number of aryl methyl sites for hydroxylation is 1. The van der Waals surface area contributed by atoms with Crippen LogP contribution in [0.4, 0.5) is 18.2 Å². The number of likely N-dealkylation sites (N-methyl/N-ethyl adjacent to an activating group) is 1. The SMILES string of the molecule is CCN1CCN([C@@H](c2ccc(C(F)(F)F)cc2)c2c(NC(=O)c3ccco3)sc(C)c2C)CC1. The molecular weight excluding hydrogens is 463 g/mol. The molecule has 5 nitrogen and oxygen atoms in total. The standard InChI is InChI=1S/C25H28F3N3O2S/c1-4-30-11-13-31(14-12-30)22(18-7-9-19(10-8-18)25(26,27)28)21-16(2)17(3)34-24(21)29-23(32)20-6-5-15-33-20/h5-10,15,22H,4,11-14H2,1-3H3,(H,29,32)/t22-/m0/s1. The van der Waals surface area contributed by atoms with E-state index in [4.69, 9.17) is 4.42 Å². The number of carbonyl (C=O) groups is 1. The quantitative estimate of drug-likeness (QED) is 0.463. The third-order valence-corrected chi connectivity index (χ3v) is 7.59. The van der Waals surface area contributed by atoms with E-state index in [1.807, 2.05) is 13.8 Å². The van der Waals surface area contributed by atoms with Crippen LogP contribution in [-0.4, -0.2) is 48.4 Å². The third-order valence-electron chi connectivity index (χ3n) is 6.45. The largest absolute Gasteiger partial charge is 0.459 e. The lowest BCUT2D eigenvalue weighted by Crippen LogP contribution is -2.47. The van der Waals surface area contributed by atoms with Crippen LogP contribution in [0.25, 0.3) is 0 Å². The molecule has 0 radical (unpaired) electrons. The fraction of sp³-hybridized carbons (Fsp3) is 0.400. The maximum absolute atomic E-state index is 13.2. The van der Waals surface area contributed by atoms with Gasteiger partial charge in [-0.1, -0.05) is 19.1 Å². The second-order valence-corrected chi connectivity index (χ2v) is 9.67. The molecule has 34 heavy (non-hydrogen) atoms. The predicted octanol–water partition coefficient (Wildman–Crippen LogP) is 5.96. The highest BCUT2D eigenvalue weighted by atomic mass is 32.1. The van der Waals surface area contributed by atoms with Crippen LogP contribution < -0.4 is 5.32 Å². The molecule has 1 atom stereocenters. The zero-order valence-corrected chi connectivity index (χ0v) is 20.2. The molecule has 9 heteroatoms. The smallest absolute Gasteiger partial charge is 0.416 e. The fourth-order valence-electron chi connectivity index (χ4n) is 4.39. The summed E-state index contributed by atoms with van der Waals surface area (Å²) in [6, 6.07) is 8.37. The summed E-state index contributed by atoms with van der Waals surface area (Å²) in [7, 11) is 0. The van der Waals surface area contributed by atoms with E-state index in [-0.39, 0.29) is 17.7 Å². The fourth-order valence-corrected chi connectivity index (χ4v) is 5.48. The van der Waals surface area contributed by atoms with E-state index in [0.717, 1.165) is 66.4 Å². The molecule has 0 aliphatic carbocycles. The Balaban J connectivity index is 1.75. The molecule has 1 aliphatic heterocycles. The van der Waals surface area contributed by atoms with Crippen molar-refractivity contribution in [1.29, 1.82) is 0 Å². The number of hydrogen-bond donors (Lipinski definition) is 1. The molecule has 3 heterocycles. The zero-order valence-electron chi connectivity index (χ0n) is 19.4. The van der Waals surface area contributed by atoms with Gasteiger partial charge in [0.05, 0.1) is 17.9 Å². The van der Waals surface area contributed by atoms with E-state index in [1.165, 1.54) is 17.6 Å². The number of piperazine rings is 1. The number of thiophene rings is 1. The monoisotopic (exact) mass is 491 g/mol. The topological polar surface area (TPSA) is 48.7 Å². The van der Waals surface area contributed by atoms with Crippen molar-refractivity contribution >= 4 is 22.2 Å². The van der Waals surface area contributed by atoms with Gasteiger partial charge in [0.25, 0.3) is 5.91 Å². The van der Waals surface area contributed by atoms with Crippen molar-refractivity contribution in [2.75, 3.05) is 38.0 Å².